The molecule has 2 aromatic carbocycles. The second-order valence-corrected chi connectivity index (χ2v) is 8.48. The minimum atomic E-state index is -0.0840. The van der Waals surface area contributed by atoms with Crippen LogP contribution in [0.5, 0.6) is 0 Å². The molecule has 0 radical (unpaired) electrons. The molecule has 2 aromatic rings. The van der Waals surface area contributed by atoms with E-state index >= 15 is 0 Å². The Morgan fingerprint density at radius 2 is 1.76 bits per heavy atom. The Bertz CT molecular complexity index is 949. The fraction of sp³-hybridized carbons (Fsp3) is 0.417. The van der Waals surface area contributed by atoms with Crippen molar-refractivity contribution < 1.29 is 9.59 Å². The zero-order valence-electron chi connectivity index (χ0n) is 16.9. The Hall–Kier alpha value is -2.66. The number of carbonyl (C=O) groups is 2. The molecule has 1 unspecified atom stereocenters. The fourth-order valence-corrected chi connectivity index (χ4v) is 4.88. The molecule has 2 amide bonds. The molecule has 0 bridgehead atoms. The maximum Gasteiger partial charge on any atom is 0.254 e. The number of likely N-dealkylation sites (tertiary alicyclic amines) is 1. The maximum absolute atomic E-state index is 13.0. The van der Waals surface area contributed by atoms with E-state index in [1.807, 2.05) is 36.4 Å². The summed E-state index contributed by atoms with van der Waals surface area (Å²) in [6.07, 6.45) is 5.09. The van der Waals surface area contributed by atoms with E-state index in [1.165, 1.54) is 19.3 Å². The van der Waals surface area contributed by atoms with Crippen LogP contribution in [0.3, 0.4) is 0 Å². The summed E-state index contributed by atoms with van der Waals surface area (Å²) in [6, 6.07) is 14.8. The standard InChI is InChI=1S/C24H27N3O2/c1-25-23(28)17-7-5-16(6-8-17)18-9-10-22-19(13-18)14-27(24(22)29)21-11-12-26(15-21)20-3-2-4-20/h5-10,13,20-21H,2-4,11-12,14-15H2,1H3,(H,25,28). The third-order valence-corrected chi connectivity index (χ3v) is 6.87. The average molecular weight is 389 g/mol. The molecule has 5 nitrogen and oxygen atoms in total. The number of nitrogens with zero attached hydrogens (tertiary/aromatic N) is 2. The monoisotopic (exact) mass is 389 g/mol. The lowest BCUT2D eigenvalue weighted by Crippen LogP contribution is -2.42. The van der Waals surface area contributed by atoms with Gasteiger partial charge in [0.05, 0.1) is 0 Å². The molecule has 5 heteroatoms. The van der Waals surface area contributed by atoms with Crippen LogP contribution in [0.1, 0.15) is 52.0 Å². The number of hydrogen-bond donors (Lipinski definition) is 1. The highest BCUT2D eigenvalue weighted by atomic mass is 16.2. The molecule has 2 fully saturated rings. The smallest absolute Gasteiger partial charge is 0.254 e. The number of nitrogens with one attached hydrogen (secondary N) is 1. The van der Waals surface area contributed by atoms with Gasteiger partial charge < -0.3 is 10.2 Å². The highest BCUT2D eigenvalue weighted by molar-refractivity contribution is 5.99. The summed E-state index contributed by atoms with van der Waals surface area (Å²) in [4.78, 5) is 29.4. The molecule has 1 aliphatic carbocycles. The van der Waals surface area contributed by atoms with E-state index in [2.05, 4.69) is 21.2 Å². The first-order chi connectivity index (χ1) is 14.1. The Kier molecular flexibility index (Phi) is 4.63. The summed E-state index contributed by atoms with van der Waals surface area (Å²) in [6.45, 7) is 2.86. The third-order valence-electron chi connectivity index (χ3n) is 6.87. The van der Waals surface area contributed by atoms with Gasteiger partial charge in [0, 0.05) is 49.9 Å². The summed E-state index contributed by atoms with van der Waals surface area (Å²) >= 11 is 0. The minimum Gasteiger partial charge on any atom is -0.355 e. The molecule has 29 heavy (non-hydrogen) atoms. The van der Waals surface area contributed by atoms with Gasteiger partial charge in [0.25, 0.3) is 11.8 Å². The van der Waals surface area contributed by atoms with E-state index in [0.29, 0.717) is 18.2 Å². The quantitative estimate of drug-likeness (QED) is 0.873. The molecular formula is C24H27N3O2. The first-order valence-electron chi connectivity index (χ1n) is 10.6. The Morgan fingerprint density at radius 1 is 1.00 bits per heavy atom. The molecule has 1 saturated carbocycles. The average Bonchev–Trinajstić information content (AvgIpc) is 3.31. The van der Waals surface area contributed by atoms with Crippen LogP contribution in [0.4, 0.5) is 0 Å². The summed E-state index contributed by atoms with van der Waals surface area (Å²) in [5.41, 5.74) is 4.76. The number of benzene rings is 2. The molecule has 0 spiro atoms. The van der Waals surface area contributed by atoms with Crippen LogP contribution < -0.4 is 5.32 Å². The van der Waals surface area contributed by atoms with Gasteiger partial charge in [0.15, 0.2) is 0 Å². The fourth-order valence-electron chi connectivity index (χ4n) is 4.88. The normalized spacial score (nSPS) is 21.9. The van der Waals surface area contributed by atoms with E-state index in [1.54, 1.807) is 7.05 Å². The highest BCUT2D eigenvalue weighted by Crippen LogP contribution is 2.34. The molecule has 2 heterocycles. The number of hydrogen-bond acceptors (Lipinski definition) is 3. The van der Waals surface area contributed by atoms with Crippen molar-refractivity contribution in [3.63, 3.8) is 0 Å². The SMILES string of the molecule is CNC(=O)c1ccc(-c2ccc3c(c2)CN(C2CCN(C4CCC4)C2)C3=O)cc1. The highest BCUT2D eigenvalue weighted by Gasteiger charge is 2.39. The molecule has 150 valence electrons. The van der Waals surface area contributed by atoms with Gasteiger partial charge in [0.2, 0.25) is 0 Å². The van der Waals surface area contributed by atoms with E-state index < -0.39 is 0 Å². The van der Waals surface area contributed by atoms with Crippen LogP contribution in [-0.2, 0) is 6.54 Å². The van der Waals surface area contributed by atoms with Gasteiger partial charge in [-0.15, -0.1) is 0 Å². The topological polar surface area (TPSA) is 52.7 Å². The molecule has 5 rings (SSSR count). The summed E-state index contributed by atoms with van der Waals surface area (Å²) in [5.74, 6) is 0.0984. The zero-order valence-corrected chi connectivity index (χ0v) is 16.9. The lowest BCUT2D eigenvalue weighted by atomic mass is 9.92. The third kappa shape index (κ3) is 3.23. The molecule has 1 N–H and O–H groups in total. The van der Waals surface area contributed by atoms with Gasteiger partial charge in [-0.1, -0.05) is 24.6 Å². The predicted octanol–water partition coefficient (Wildman–Crippen LogP) is 3.30. The number of rotatable bonds is 4. The Labute approximate surface area is 171 Å². The molecule has 3 aliphatic rings. The molecule has 0 aromatic heterocycles. The number of amides is 2. The van der Waals surface area contributed by atoms with Gasteiger partial charge in [-0.25, -0.2) is 0 Å². The summed E-state index contributed by atoms with van der Waals surface area (Å²) in [5, 5.41) is 2.64. The first kappa shape index (κ1) is 18.4. The van der Waals surface area contributed by atoms with Gasteiger partial charge >= 0.3 is 0 Å². The number of fused-ring (bicyclic) bond motifs is 1. The Morgan fingerprint density at radius 3 is 2.45 bits per heavy atom. The largest absolute Gasteiger partial charge is 0.355 e. The predicted molar refractivity (Wildman–Crippen MR) is 113 cm³/mol. The van der Waals surface area contributed by atoms with Gasteiger partial charge in [-0.3, -0.25) is 14.5 Å². The van der Waals surface area contributed by atoms with E-state index in [0.717, 1.165) is 47.8 Å². The Balaban J connectivity index is 1.32. The summed E-state index contributed by atoms with van der Waals surface area (Å²) < 4.78 is 0. The van der Waals surface area contributed by atoms with Crippen LogP contribution >= 0.6 is 0 Å². The lowest BCUT2D eigenvalue weighted by molar-refractivity contribution is 0.0689. The number of carbonyl (C=O) groups excluding carboxylic acids is 2. The van der Waals surface area contributed by atoms with Crippen molar-refractivity contribution in [3.05, 3.63) is 59.2 Å². The molecule has 2 aliphatic heterocycles. The van der Waals surface area contributed by atoms with Crippen molar-refractivity contribution in [1.82, 2.24) is 15.1 Å². The van der Waals surface area contributed by atoms with Crippen LogP contribution in [0.2, 0.25) is 0 Å². The van der Waals surface area contributed by atoms with Crippen LogP contribution in [-0.4, -0.2) is 53.8 Å². The minimum absolute atomic E-state index is 0.0840. The van der Waals surface area contributed by atoms with Crippen LogP contribution in [0.25, 0.3) is 11.1 Å². The van der Waals surface area contributed by atoms with Gasteiger partial charge in [-0.05, 0) is 60.2 Å². The second-order valence-electron chi connectivity index (χ2n) is 8.48. The first-order valence-corrected chi connectivity index (χ1v) is 10.6. The van der Waals surface area contributed by atoms with Crippen LogP contribution in [0, 0.1) is 0 Å². The van der Waals surface area contributed by atoms with Crippen molar-refractivity contribution in [2.45, 2.75) is 44.3 Å². The van der Waals surface area contributed by atoms with Crippen molar-refractivity contribution in [3.8, 4) is 11.1 Å². The van der Waals surface area contributed by atoms with Crippen molar-refractivity contribution in [1.29, 1.82) is 0 Å². The molecule has 1 atom stereocenters. The van der Waals surface area contributed by atoms with E-state index in [-0.39, 0.29) is 11.8 Å². The van der Waals surface area contributed by atoms with Crippen molar-refractivity contribution >= 4 is 11.8 Å². The zero-order chi connectivity index (χ0) is 20.0. The van der Waals surface area contributed by atoms with E-state index in [4.69, 9.17) is 0 Å². The van der Waals surface area contributed by atoms with Crippen molar-refractivity contribution in [2.75, 3.05) is 20.1 Å². The van der Waals surface area contributed by atoms with Crippen molar-refractivity contribution in [2.24, 2.45) is 0 Å². The van der Waals surface area contributed by atoms with Crippen LogP contribution in [0.15, 0.2) is 42.5 Å². The maximum atomic E-state index is 13.0. The molecular weight excluding hydrogens is 362 g/mol. The summed E-state index contributed by atoms with van der Waals surface area (Å²) in [7, 11) is 1.63. The lowest BCUT2D eigenvalue weighted by Gasteiger charge is -2.35. The van der Waals surface area contributed by atoms with E-state index in [9.17, 15) is 9.59 Å². The van der Waals surface area contributed by atoms with Gasteiger partial charge in [-0.2, -0.15) is 0 Å². The van der Waals surface area contributed by atoms with Gasteiger partial charge in [0.1, 0.15) is 0 Å². The molecule has 1 saturated heterocycles. The second kappa shape index (κ2) is 7.30.